The topological polar surface area (TPSA) is 116 Å². The Kier molecular flexibility index (Phi) is 6.91. The van der Waals surface area contributed by atoms with Crippen molar-refractivity contribution in [2.24, 2.45) is 0 Å². The van der Waals surface area contributed by atoms with Gasteiger partial charge in [0.2, 0.25) is 10.0 Å². The molecule has 0 saturated carbocycles. The number of methoxy groups -OCH3 is 1. The minimum Gasteiger partial charge on any atom is -0.497 e. The number of nitrogens with zero attached hydrogens (tertiary/aromatic N) is 2. The molecule has 0 spiro atoms. The molecule has 2 amide bonds. The van der Waals surface area contributed by atoms with Crippen molar-refractivity contribution < 1.29 is 28.0 Å². The molecule has 0 aliphatic carbocycles. The van der Waals surface area contributed by atoms with Crippen molar-refractivity contribution in [2.75, 3.05) is 18.6 Å². The summed E-state index contributed by atoms with van der Waals surface area (Å²) < 4.78 is 33.4. The fourth-order valence-electron chi connectivity index (χ4n) is 3.73. The highest BCUT2D eigenvalue weighted by atomic mass is 35.5. The molecule has 9 nitrogen and oxygen atoms in total. The van der Waals surface area contributed by atoms with Crippen LogP contribution in [0.3, 0.4) is 0 Å². The van der Waals surface area contributed by atoms with Crippen LogP contribution in [0.4, 0.5) is 5.69 Å². The first-order chi connectivity index (χ1) is 16.3. The standard InChI is InChI=1S/C22H20ClN3O6S2/c1-32-15-6-8-16(9-7-15)34(30,31)26-12-14-4-2-3-5-18(14)25(13-19(26)21(27)24-29)22(28)20-17(23)10-11-33-20/h2-11,19,29H,12-13H2,1H3,(H,24,27). The molecule has 178 valence electrons. The van der Waals surface area contributed by atoms with Gasteiger partial charge in [-0.1, -0.05) is 29.8 Å². The monoisotopic (exact) mass is 521 g/mol. The smallest absolute Gasteiger partial charge is 0.269 e. The number of amides is 2. The minimum atomic E-state index is -4.22. The number of nitrogens with one attached hydrogen (secondary N) is 1. The van der Waals surface area contributed by atoms with Gasteiger partial charge in [0.25, 0.3) is 11.8 Å². The maximum absolute atomic E-state index is 13.6. The number of para-hydroxylation sites is 1. The van der Waals surface area contributed by atoms with E-state index in [0.717, 1.165) is 15.6 Å². The predicted molar refractivity (Wildman–Crippen MR) is 127 cm³/mol. The van der Waals surface area contributed by atoms with Gasteiger partial charge >= 0.3 is 0 Å². The van der Waals surface area contributed by atoms with Crippen molar-refractivity contribution in [3.05, 3.63) is 75.4 Å². The summed E-state index contributed by atoms with van der Waals surface area (Å²) in [5.74, 6) is -0.985. The summed E-state index contributed by atoms with van der Waals surface area (Å²) in [5.41, 5.74) is 2.49. The number of rotatable bonds is 5. The van der Waals surface area contributed by atoms with Crippen LogP contribution in [0.5, 0.6) is 5.75 Å². The highest BCUT2D eigenvalue weighted by Crippen LogP contribution is 2.34. The highest BCUT2D eigenvalue weighted by molar-refractivity contribution is 7.89. The maximum Gasteiger partial charge on any atom is 0.269 e. The number of sulfonamides is 1. The van der Waals surface area contributed by atoms with Gasteiger partial charge in [-0.2, -0.15) is 4.31 Å². The van der Waals surface area contributed by atoms with Gasteiger partial charge in [0.15, 0.2) is 0 Å². The van der Waals surface area contributed by atoms with Crippen LogP contribution in [-0.4, -0.2) is 49.4 Å². The van der Waals surface area contributed by atoms with Crippen molar-refractivity contribution in [1.82, 2.24) is 9.79 Å². The van der Waals surface area contributed by atoms with Gasteiger partial charge in [-0.05, 0) is 47.3 Å². The summed E-state index contributed by atoms with van der Waals surface area (Å²) in [5, 5.41) is 11.3. The van der Waals surface area contributed by atoms with Crippen LogP contribution in [0.1, 0.15) is 15.2 Å². The Bertz CT molecular complexity index is 1330. The average Bonchev–Trinajstić information content (AvgIpc) is 3.20. The second-order valence-electron chi connectivity index (χ2n) is 7.36. The number of hydroxylamine groups is 1. The molecule has 4 rings (SSSR count). The summed E-state index contributed by atoms with van der Waals surface area (Å²) in [4.78, 5) is 27.7. The van der Waals surface area contributed by atoms with E-state index >= 15 is 0 Å². The molecule has 0 fully saturated rings. The van der Waals surface area contributed by atoms with Crippen LogP contribution < -0.4 is 15.1 Å². The molecule has 34 heavy (non-hydrogen) atoms. The van der Waals surface area contributed by atoms with Crippen molar-refractivity contribution in [3.63, 3.8) is 0 Å². The number of benzene rings is 2. The number of carbonyl (C=O) groups is 2. The van der Waals surface area contributed by atoms with E-state index in [1.54, 1.807) is 41.2 Å². The lowest BCUT2D eigenvalue weighted by atomic mass is 10.1. The van der Waals surface area contributed by atoms with E-state index in [4.69, 9.17) is 16.3 Å². The Balaban J connectivity index is 1.83. The first-order valence-corrected chi connectivity index (χ1v) is 12.7. The molecular weight excluding hydrogens is 502 g/mol. The van der Waals surface area contributed by atoms with E-state index in [2.05, 4.69) is 0 Å². The van der Waals surface area contributed by atoms with Gasteiger partial charge in [-0.15, -0.1) is 11.3 Å². The fourth-order valence-corrected chi connectivity index (χ4v) is 6.37. The summed E-state index contributed by atoms with van der Waals surface area (Å²) >= 11 is 7.32. The zero-order valence-corrected chi connectivity index (χ0v) is 20.2. The van der Waals surface area contributed by atoms with Crippen molar-refractivity contribution in [3.8, 4) is 5.75 Å². The second kappa shape index (κ2) is 9.72. The van der Waals surface area contributed by atoms with Crippen molar-refractivity contribution in [2.45, 2.75) is 17.5 Å². The van der Waals surface area contributed by atoms with Crippen LogP contribution in [0.2, 0.25) is 5.02 Å². The lowest BCUT2D eigenvalue weighted by Gasteiger charge is -2.29. The van der Waals surface area contributed by atoms with Crippen LogP contribution in [0.25, 0.3) is 0 Å². The Hall–Kier alpha value is -2.96. The lowest BCUT2D eigenvalue weighted by molar-refractivity contribution is -0.133. The Morgan fingerprint density at radius 2 is 1.85 bits per heavy atom. The number of fused-ring (bicyclic) bond motifs is 1. The Morgan fingerprint density at radius 1 is 1.15 bits per heavy atom. The molecule has 1 aromatic heterocycles. The van der Waals surface area contributed by atoms with Gasteiger partial charge in [-0.3, -0.25) is 14.8 Å². The molecule has 1 aliphatic rings. The fraction of sp³-hybridized carbons (Fsp3) is 0.182. The number of hydrogen-bond donors (Lipinski definition) is 2. The molecule has 0 saturated heterocycles. The largest absolute Gasteiger partial charge is 0.497 e. The molecule has 2 aromatic carbocycles. The molecule has 1 atom stereocenters. The molecule has 0 radical (unpaired) electrons. The van der Waals surface area contributed by atoms with Crippen LogP contribution in [-0.2, 0) is 21.4 Å². The van der Waals surface area contributed by atoms with Gasteiger partial charge in [0.05, 0.1) is 23.6 Å². The third-order valence-electron chi connectivity index (χ3n) is 5.45. The predicted octanol–water partition coefficient (Wildman–Crippen LogP) is 3.14. The van der Waals surface area contributed by atoms with Crippen molar-refractivity contribution >= 4 is 50.5 Å². The average molecular weight is 522 g/mol. The normalized spacial score (nSPS) is 16.4. The van der Waals surface area contributed by atoms with Crippen LogP contribution in [0.15, 0.2) is 64.9 Å². The highest BCUT2D eigenvalue weighted by Gasteiger charge is 2.42. The summed E-state index contributed by atoms with van der Waals surface area (Å²) in [6, 6.07) is 12.7. The quantitative estimate of drug-likeness (QED) is 0.393. The molecule has 12 heteroatoms. The third-order valence-corrected chi connectivity index (χ3v) is 8.65. The van der Waals surface area contributed by atoms with E-state index in [-0.39, 0.29) is 27.9 Å². The zero-order valence-electron chi connectivity index (χ0n) is 17.8. The molecule has 1 aliphatic heterocycles. The Labute approximate surface area is 205 Å². The molecule has 3 aromatic rings. The van der Waals surface area contributed by atoms with Gasteiger partial charge in [0, 0.05) is 12.2 Å². The minimum absolute atomic E-state index is 0.0670. The summed E-state index contributed by atoms with van der Waals surface area (Å²) in [7, 11) is -2.76. The first kappa shape index (κ1) is 24.2. The second-order valence-corrected chi connectivity index (χ2v) is 10.6. The molecule has 2 N–H and O–H groups in total. The van der Waals surface area contributed by atoms with E-state index in [9.17, 15) is 23.2 Å². The number of anilines is 1. The first-order valence-electron chi connectivity index (χ1n) is 10.0. The van der Waals surface area contributed by atoms with Crippen LogP contribution >= 0.6 is 22.9 Å². The summed E-state index contributed by atoms with van der Waals surface area (Å²) in [6.07, 6.45) is 0. The number of thiophene rings is 1. The number of hydrogen-bond acceptors (Lipinski definition) is 7. The van der Waals surface area contributed by atoms with Gasteiger partial charge in [-0.25, -0.2) is 13.9 Å². The van der Waals surface area contributed by atoms with E-state index in [1.165, 1.54) is 36.3 Å². The lowest BCUT2D eigenvalue weighted by Crippen LogP contribution is -2.53. The van der Waals surface area contributed by atoms with Gasteiger partial charge in [0.1, 0.15) is 16.7 Å². The third kappa shape index (κ3) is 4.40. The summed E-state index contributed by atoms with van der Waals surface area (Å²) in [6.45, 7) is -0.545. The number of carbonyl (C=O) groups excluding carboxylic acids is 2. The van der Waals surface area contributed by atoms with Crippen LogP contribution in [0, 0.1) is 0 Å². The molecule has 1 unspecified atom stereocenters. The SMILES string of the molecule is COc1ccc(S(=O)(=O)N2Cc3ccccc3N(C(=O)c3sccc3Cl)CC2C(=O)NO)cc1. The number of halogens is 1. The van der Waals surface area contributed by atoms with Gasteiger partial charge < -0.3 is 9.64 Å². The number of ether oxygens (including phenoxy) is 1. The Morgan fingerprint density at radius 3 is 2.47 bits per heavy atom. The van der Waals surface area contributed by atoms with Crippen molar-refractivity contribution in [1.29, 1.82) is 0 Å². The molecule has 0 bridgehead atoms. The molecule has 2 heterocycles. The van der Waals surface area contributed by atoms with E-state index in [1.807, 2.05) is 0 Å². The van der Waals surface area contributed by atoms with E-state index < -0.39 is 27.9 Å². The zero-order chi connectivity index (χ0) is 24.5. The maximum atomic E-state index is 13.6. The molecular formula is C22H20ClN3O6S2. The van der Waals surface area contributed by atoms with E-state index in [0.29, 0.717) is 17.0 Å².